The van der Waals surface area contributed by atoms with Gasteiger partial charge in [0.05, 0.1) is 13.1 Å². The Morgan fingerprint density at radius 2 is 2.22 bits per heavy atom. The van der Waals surface area contributed by atoms with Crippen LogP contribution in [0.5, 0.6) is 0 Å². The quantitative estimate of drug-likeness (QED) is 0.528. The van der Waals surface area contributed by atoms with E-state index in [1.165, 1.54) is 6.07 Å². The fourth-order valence-electron chi connectivity index (χ4n) is 3.16. The molecule has 0 radical (unpaired) electrons. The molecule has 0 fully saturated rings. The van der Waals surface area contributed by atoms with Crippen molar-refractivity contribution in [1.29, 1.82) is 0 Å². The molecule has 2 atom stereocenters. The summed E-state index contributed by atoms with van der Waals surface area (Å²) in [5.74, 6) is 2.09. The maximum absolute atomic E-state index is 13.8. The first-order valence-corrected chi connectivity index (χ1v) is 9.50. The lowest BCUT2D eigenvalue weighted by Gasteiger charge is -2.25. The highest BCUT2D eigenvalue weighted by atomic mass is 19.1. The Kier molecular flexibility index (Phi) is 6.39. The average Bonchev–Trinajstić information content (AvgIpc) is 3.09. The third-order valence-electron chi connectivity index (χ3n) is 4.59. The fraction of sp³-hybridized carbons (Fsp3) is 0.526. The minimum atomic E-state index is -0.984. The predicted molar refractivity (Wildman–Crippen MR) is 102 cm³/mol. The van der Waals surface area contributed by atoms with Crippen LogP contribution in [0.25, 0.3) is 0 Å². The summed E-state index contributed by atoms with van der Waals surface area (Å²) in [4.78, 5) is 8.96. The van der Waals surface area contributed by atoms with Crippen molar-refractivity contribution in [2.45, 2.75) is 51.8 Å². The van der Waals surface area contributed by atoms with Gasteiger partial charge in [0.2, 0.25) is 0 Å². The lowest BCUT2D eigenvalue weighted by Crippen LogP contribution is -2.47. The molecule has 1 aliphatic heterocycles. The van der Waals surface area contributed by atoms with Crippen molar-refractivity contribution in [3.8, 4) is 0 Å². The molecule has 0 aliphatic carbocycles. The van der Waals surface area contributed by atoms with Crippen LogP contribution in [0.3, 0.4) is 0 Å². The van der Waals surface area contributed by atoms with E-state index in [0.717, 1.165) is 37.5 Å². The van der Waals surface area contributed by atoms with Gasteiger partial charge in [-0.1, -0.05) is 25.1 Å². The second-order valence-corrected chi connectivity index (χ2v) is 6.62. The number of hydrogen-bond donors (Lipinski definition) is 3. The van der Waals surface area contributed by atoms with E-state index in [0.29, 0.717) is 12.5 Å². The number of aryl methyl sites for hydroxylation is 2. The van der Waals surface area contributed by atoms with Crippen LogP contribution in [0.1, 0.15) is 43.6 Å². The van der Waals surface area contributed by atoms with E-state index in [2.05, 4.69) is 25.7 Å². The number of fused-ring (bicyclic) bond motifs is 1. The number of guanidine groups is 1. The third kappa shape index (κ3) is 4.82. The molecule has 0 spiro atoms. The van der Waals surface area contributed by atoms with E-state index in [1.54, 1.807) is 18.2 Å². The van der Waals surface area contributed by atoms with Gasteiger partial charge in [0.15, 0.2) is 11.8 Å². The summed E-state index contributed by atoms with van der Waals surface area (Å²) in [6.45, 7) is 5.53. The lowest BCUT2D eigenvalue weighted by atomic mass is 10.1. The molecule has 3 rings (SSSR count). The number of aromatic nitrogens is 3. The van der Waals surface area contributed by atoms with Gasteiger partial charge < -0.3 is 15.7 Å². The summed E-state index contributed by atoms with van der Waals surface area (Å²) in [5.41, 5.74) is 0.258. The second kappa shape index (κ2) is 8.94. The fourth-order valence-corrected chi connectivity index (χ4v) is 3.16. The van der Waals surface area contributed by atoms with Gasteiger partial charge >= 0.3 is 0 Å². The Labute approximate surface area is 158 Å². The summed E-state index contributed by atoms with van der Waals surface area (Å²) in [6.07, 6.45) is 1.64. The molecular formula is C19H27FN6O. The molecule has 3 N–H and O–H groups in total. The first-order valence-electron chi connectivity index (χ1n) is 9.50. The van der Waals surface area contributed by atoms with Gasteiger partial charge in [-0.25, -0.2) is 14.1 Å². The third-order valence-corrected chi connectivity index (χ3v) is 4.59. The highest BCUT2D eigenvalue weighted by molar-refractivity contribution is 5.80. The van der Waals surface area contributed by atoms with Crippen LogP contribution in [0.15, 0.2) is 29.3 Å². The first kappa shape index (κ1) is 19.3. The number of benzene rings is 1. The first-order chi connectivity index (χ1) is 13.1. The summed E-state index contributed by atoms with van der Waals surface area (Å²) in [6, 6.07) is 6.40. The number of rotatable bonds is 6. The van der Waals surface area contributed by atoms with E-state index >= 15 is 0 Å². The molecule has 27 heavy (non-hydrogen) atoms. The van der Waals surface area contributed by atoms with Gasteiger partial charge in [0, 0.05) is 31.0 Å². The molecule has 1 aromatic heterocycles. The Balaban J connectivity index is 1.63. The maximum Gasteiger partial charge on any atom is 0.191 e. The number of nitrogens with one attached hydrogen (secondary N) is 2. The van der Waals surface area contributed by atoms with E-state index in [4.69, 9.17) is 0 Å². The molecule has 2 unspecified atom stereocenters. The number of hydrogen-bond acceptors (Lipinski definition) is 4. The standard InChI is InChI=1S/C19H27FN6O/c1-3-17-24-18-10-9-13(12-26(18)25-17)23-19(21-4-2)22-11-16(27)14-7-5-6-8-15(14)20/h5-8,13,16,27H,3-4,9-12H2,1-2H3,(H2,21,22,23). The van der Waals surface area contributed by atoms with Crippen LogP contribution in [-0.4, -0.2) is 45.0 Å². The molecule has 2 heterocycles. The van der Waals surface area contributed by atoms with Gasteiger partial charge in [0.25, 0.3) is 0 Å². The van der Waals surface area contributed by atoms with Crippen molar-refractivity contribution in [3.63, 3.8) is 0 Å². The zero-order valence-electron chi connectivity index (χ0n) is 15.8. The molecule has 146 valence electrons. The number of aliphatic hydroxyl groups excluding tert-OH is 1. The molecule has 8 heteroatoms. The molecule has 0 bridgehead atoms. The number of halogens is 1. The van der Waals surface area contributed by atoms with Crippen molar-refractivity contribution in [3.05, 3.63) is 47.3 Å². The summed E-state index contributed by atoms with van der Waals surface area (Å²) in [7, 11) is 0. The number of aliphatic imine (C=N–C) groups is 1. The molecular weight excluding hydrogens is 347 g/mol. The van der Waals surface area contributed by atoms with Gasteiger partial charge in [-0.2, -0.15) is 5.10 Å². The summed E-state index contributed by atoms with van der Waals surface area (Å²) < 4.78 is 15.8. The van der Waals surface area contributed by atoms with E-state index in [9.17, 15) is 9.50 Å². The minimum absolute atomic E-state index is 0.0809. The van der Waals surface area contributed by atoms with E-state index in [-0.39, 0.29) is 18.2 Å². The normalized spacial score (nSPS) is 18.1. The molecule has 0 saturated heterocycles. The van der Waals surface area contributed by atoms with Crippen molar-refractivity contribution in [1.82, 2.24) is 25.4 Å². The van der Waals surface area contributed by atoms with Gasteiger partial charge in [-0.15, -0.1) is 0 Å². The van der Waals surface area contributed by atoms with Crippen molar-refractivity contribution >= 4 is 5.96 Å². The van der Waals surface area contributed by atoms with Gasteiger partial charge in [0.1, 0.15) is 17.7 Å². The van der Waals surface area contributed by atoms with Crippen LogP contribution >= 0.6 is 0 Å². The smallest absolute Gasteiger partial charge is 0.191 e. The summed E-state index contributed by atoms with van der Waals surface area (Å²) >= 11 is 0. The Morgan fingerprint density at radius 3 is 2.96 bits per heavy atom. The number of aliphatic hydroxyl groups is 1. The van der Waals surface area contributed by atoms with Crippen molar-refractivity contribution in [2.75, 3.05) is 13.1 Å². The largest absolute Gasteiger partial charge is 0.386 e. The van der Waals surface area contributed by atoms with Crippen LogP contribution in [0.2, 0.25) is 0 Å². The van der Waals surface area contributed by atoms with E-state index < -0.39 is 11.9 Å². The van der Waals surface area contributed by atoms with Gasteiger partial charge in [-0.05, 0) is 19.4 Å². The molecule has 0 saturated carbocycles. The summed E-state index contributed by atoms with van der Waals surface area (Å²) in [5, 5.41) is 21.4. The highest BCUT2D eigenvalue weighted by Crippen LogP contribution is 2.17. The Hall–Kier alpha value is -2.48. The molecule has 7 nitrogen and oxygen atoms in total. The molecule has 0 amide bonds. The second-order valence-electron chi connectivity index (χ2n) is 6.62. The monoisotopic (exact) mass is 374 g/mol. The topological polar surface area (TPSA) is 87.4 Å². The van der Waals surface area contributed by atoms with E-state index in [1.807, 2.05) is 18.5 Å². The van der Waals surface area contributed by atoms with Crippen LogP contribution in [0, 0.1) is 5.82 Å². The van der Waals surface area contributed by atoms with Crippen molar-refractivity contribution in [2.24, 2.45) is 4.99 Å². The van der Waals surface area contributed by atoms with Crippen molar-refractivity contribution < 1.29 is 9.50 Å². The maximum atomic E-state index is 13.8. The highest BCUT2D eigenvalue weighted by Gasteiger charge is 2.22. The van der Waals surface area contributed by atoms with Crippen LogP contribution < -0.4 is 10.6 Å². The zero-order chi connectivity index (χ0) is 19.2. The molecule has 1 aliphatic rings. The predicted octanol–water partition coefficient (Wildman–Crippen LogP) is 1.58. The Bertz CT molecular complexity index is 790. The molecule has 2 aromatic rings. The Morgan fingerprint density at radius 1 is 1.41 bits per heavy atom. The zero-order valence-corrected chi connectivity index (χ0v) is 15.8. The SMILES string of the molecule is CCNC(=NCC(O)c1ccccc1F)NC1CCc2nc(CC)nn2C1. The van der Waals surface area contributed by atoms with Crippen LogP contribution in [0.4, 0.5) is 4.39 Å². The van der Waals surface area contributed by atoms with Crippen LogP contribution in [-0.2, 0) is 19.4 Å². The molecule has 1 aromatic carbocycles. The number of nitrogens with zero attached hydrogens (tertiary/aromatic N) is 4. The van der Waals surface area contributed by atoms with Gasteiger partial charge in [-0.3, -0.25) is 4.99 Å². The lowest BCUT2D eigenvalue weighted by molar-refractivity contribution is 0.182. The minimum Gasteiger partial charge on any atom is -0.386 e. The average molecular weight is 374 g/mol.